The smallest absolute Gasteiger partial charge is 0.334 e. The van der Waals surface area contributed by atoms with Crippen LogP contribution in [0.4, 0.5) is 0 Å². The van der Waals surface area contributed by atoms with Crippen molar-refractivity contribution in [2.24, 2.45) is 0 Å². The van der Waals surface area contributed by atoms with Crippen molar-refractivity contribution in [2.45, 2.75) is 11.8 Å². The van der Waals surface area contributed by atoms with E-state index in [0.29, 0.717) is 13.2 Å². The van der Waals surface area contributed by atoms with Crippen LogP contribution in [0.15, 0.2) is 41.3 Å². The molecule has 0 saturated heterocycles. The van der Waals surface area contributed by atoms with Gasteiger partial charge in [0.25, 0.3) is 0 Å². The highest BCUT2D eigenvalue weighted by atomic mass is 32.2. The quantitative estimate of drug-likeness (QED) is 0.364. The summed E-state index contributed by atoms with van der Waals surface area (Å²) in [6.45, 7) is 6.46. The highest BCUT2D eigenvalue weighted by Gasteiger charge is 2.20. The summed E-state index contributed by atoms with van der Waals surface area (Å²) in [4.78, 5) is 11.9. The van der Waals surface area contributed by atoms with Gasteiger partial charge in [-0.15, -0.1) is 0 Å². The van der Waals surface area contributed by atoms with Crippen LogP contribution < -0.4 is 0 Å². The lowest BCUT2D eigenvalue weighted by molar-refractivity contribution is -0.140. The Hall–Kier alpha value is -1.70. The summed E-state index contributed by atoms with van der Waals surface area (Å²) >= 11 is 0. The summed E-state index contributed by atoms with van der Waals surface area (Å²) < 4.78 is 39.2. The third kappa shape index (κ3) is 6.94. The molecule has 0 radical (unpaired) electrons. The average molecular weight is 342 g/mol. The van der Waals surface area contributed by atoms with E-state index in [2.05, 4.69) is 6.58 Å². The molecule has 128 valence electrons. The zero-order valence-corrected chi connectivity index (χ0v) is 14.2. The first-order valence-electron chi connectivity index (χ1n) is 7.08. The van der Waals surface area contributed by atoms with E-state index >= 15 is 0 Å². The van der Waals surface area contributed by atoms with Gasteiger partial charge in [-0.3, -0.25) is 0 Å². The molecule has 0 atom stereocenters. The van der Waals surface area contributed by atoms with Gasteiger partial charge in [0.1, 0.15) is 6.61 Å². The second-order valence-electron chi connectivity index (χ2n) is 4.92. The lowest BCUT2D eigenvalue weighted by Gasteiger charge is -2.09. The van der Waals surface area contributed by atoms with Gasteiger partial charge in [0.05, 0.1) is 30.5 Å². The van der Waals surface area contributed by atoms with Crippen molar-refractivity contribution in [3.05, 3.63) is 42.0 Å². The summed E-state index contributed by atoms with van der Waals surface area (Å²) in [7, 11) is -2.05. The molecule has 6 nitrogen and oxygen atoms in total. The van der Waals surface area contributed by atoms with Gasteiger partial charge in [-0.05, 0) is 19.1 Å². The van der Waals surface area contributed by atoms with Gasteiger partial charge in [-0.1, -0.05) is 24.3 Å². The Balaban J connectivity index is 2.45. The SMILES string of the molecule is C=C(CS(=O)(=O)c1ccc(C)cc1)C(=O)OCCOCCOC. The fourth-order valence-corrected chi connectivity index (χ4v) is 2.95. The van der Waals surface area contributed by atoms with Gasteiger partial charge >= 0.3 is 5.97 Å². The van der Waals surface area contributed by atoms with Crippen molar-refractivity contribution in [2.75, 3.05) is 39.3 Å². The van der Waals surface area contributed by atoms with Crippen LogP contribution in [0.2, 0.25) is 0 Å². The van der Waals surface area contributed by atoms with Crippen LogP contribution in [0.5, 0.6) is 0 Å². The average Bonchev–Trinajstić information content (AvgIpc) is 2.50. The minimum Gasteiger partial charge on any atom is -0.460 e. The van der Waals surface area contributed by atoms with Crippen molar-refractivity contribution in [3.8, 4) is 0 Å². The second-order valence-corrected chi connectivity index (χ2v) is 6.91. The largest absolute Gasteiger partial charge is 0.460 e. The van der Waals surface area contributed by atoms with Crippen molar-refractivity contribution >= 4 is 15.8 Å². The van der Waals surface area contributed by atoms with E-state index in [0.717, 1.165) is 5.56 Å². The summed E-state index contributed by atoms with van der Waals surface area (Å²) in [6, 6.07) is 6.41. The maximum absolute atomic E-state index is 12.2. The molecule has 0 aliphatic rings. The van der Waals surface area contributed by atoms with E-state index in [4.69, 9.17) is 14.2 Å². The molecule has 0 spiro atoms. The molecule has 0 saturated carbocycles. The molecule has 0 heterocycles. The van der Waals surface area contributed by atoms with E-state index in [1.807, 2.05) is 6.92 Å². The lowest BCUT2D eigenvalue weighted by atomic mass is 10.2. The number of ether oxygens (including phenoxy) is 3. The molecule has 0 unspecified atom stereocenters. The minimum absolute atomic E-state index is 0.0339. The Morgan fingerprint density at radius 1 is 1.09 bits per heavy atom. The van der Waals surface area contributed by atoms with E-state index in [9.17, 15) is 13.2 Å². The van der Waals surface area contributed by atoms with Crippen molar-refractivity contribution in [3.63, 3.8) is 0 Å². The zero-order valence-electron chi connectivity index (χ0n) is 13.4. The number of hydrogen-bond donors (Lipinski definition) is 0. The normalized spacial score (nSPS) is 11.2. The second kappa shape index (κ2) is 9.44. The van der Waals surface area contributed by atoms with Crippen LogP contribution in [-0.2, 0) is 28.8 Å². The third-order valence-corrected chi connectivity index (χ3v) is 4.64. The van der Waals surface area contributed by atoms with Gasteiger partial charge in [-0.25, -0.2) is 13.2 Å². The van der Waals surface area contributed by atoms with Crippen LogP contribution in [0.25, 0.3) is 0 Å². The topological polar surface area (TPSA) is 78.9 Å². The number of carbonyl (C=O) groups is 1. The zero-order chi connectivity index (χ0) is 17.3. The highest BCUT2D eigenvalue weighted by molar-refractivity contribution is 7.91. The number of carbonyl (C=O) groups excluding carboxylic acids is 1. The molecular formula is C16H22O6S. The van der Waals surface area contributed by atoms with Gasteiger partial charge < -0.3 is 14.2 Å². The molecule has 1 aromatic carbocycles. The Labute approximate surface area is 137 Å². The first-order chi connectivity index (χ1) is 10.9. The number of benzene rings is 1. The third-order valence-electron chi connectivity index (χ3n) is 2.93. The first kappa shape index (κ1) is 19.3. The van der Waals surface area contributed by atoms with Gasteiger partial charge in [0, 0.05) is 12.7 Å². The van der Waals surface area contributed by atoms with Crippen molar-refractivity contribution in [1.82, 2.24) is 0 Å². The molecule has 1 aromatic rings. The van der Waals surface area contributed by atoms with Crippen molar-refractivity contribution in [1.29, 1.82) is 0 Å². The summed E-state index contributed by atoms with van der Waals surface area (Å²) in [5.74, 6) is -1.21. The van der Waals surface area contributed by atoms with E-state index in [1.165, 1.54) is 12.1 Å². The molecule has 1 rings (SSSR count). The summed E-state index contributed by atoms with van der Waals surface area (Å²) in [5.41, 5.74) is 0.845. The molecule has 0 fully saturated rings. The molecule has 7 heteroatoms. The van der Waals surface area contributed by atoms with Crippen LogP contribution >= 0.6 is 0 Å². The molecule has 23 heavy (non-hydrogen) atoms. The molecule has 0 aliphatic carbocycles. The minimum atomic E-state index is -3.61. The standard InChI is InChI=1S/C16H22O6S/c1-13-4-6-15(7-5-13)23(18,19)12-14(2)16(17)22-11-10-21-9-8-20-3/h4-7H,2,8-12H2,1,3H3. The Morgan fingerprint density at radius 2 is 1.70 bits per heavy atom. The molecular weight excluding hydrogens is 320 g/mol. The fourth-order valence-electron chi connectivity index (χ4n) is 1.66. The van der Waals surface area contributed by atoms with Crippen LogP contribution in [-0.4, -0.2) is 53.7 Å². The Morgan fingerprint density at radius 3 is 2.30 bits per heavy atom. The Bertz CT molecular complexity index is 618. The molecule has 0 aromatic heterocycles. The number of methoxy groups -OCH3 is 1. The maximum atomic E-state index is 12.2. The van der Waals surface area contributed by atoms with Crippen molar-refractivity contribution < 1.29 is 27.4 Å². The number of aryl methyl sites for hydroxylation is 1. The van der Waals surface area contributed by atoms with Crippen LogP contribution in [0.3, 0.4) is 0 Å². The van der Waals surface area contributed by atoms with E-state index in [-0.39, 0.29) is 23.7 Å². The summed E-state index contributed by atoms with van der Waals surface area (Å²) in [6.07, 6.45) is 0. The van der Waals surface area contributed by atoms with Crippen LogP contribution in [0, 0.1) is 6.92 Å². The Kier molecular flexibility index (Phi) is 7.94. The van der Waals surface area contributed by atoms with Crippen LogP contribution in [0.1, 0.15) is 5.56 Å². The van der Waals surface area contributed by atoms with E-state index in [1.54, 1.807) is 19.2 Å². The molecule has 0 bridgehead atoms. The summed E-state index contributed by atoms with van der Waals surface area (Å²) in [5, 5.41) is 0. The lowest BCUT2D eigenvalue weighted by Crippen LogP contribution is -2.18. The fraction of sp³-hybridized carbons (Fsp3) is 0.438. The predicted octanol–water partition coefficient (Wildman–Crippen LogP) is 1.53. The number of sulfone groups is 1. The maximum Gasteiger partial charge on any atom is 0.334 e. The number of rotatable bonds is 10. The molecule has 0 amide bonds. The monoisotopic (exact) mass is 342 g/mol. The predicted molar refractivity (Wildman–Crippen MR) is 86.0 cm³/mol. The van der Waals surface area contributed by atoms with Gasteiger partial charge in [0.15, 0.2) is 9.84 Å². The first-order valence-corrected chi connectivity index (χ1v) is 8.73. The van der Waals surface area contributed by atoms with E-state index < -0.39 is 21.6 Å². The van der Waals surface area contributed by atoms with Gasteiger partial charge in [-0.2, -0.15) is 0 Å². The molecule has 0 N–H and O–H groups in total. The highest BCUT2D eigenvalue weighted by Crippen LogP contribution is 2.15. The number of hydrogen-bond acceptors (Lipinski definition) is 6. The number of esters is 1. The molecule has 0 aliphatic heterocycles. The van der Waals surface area contributed by atoms with Gasteiger partial charge in [0.2, 0.25) is 0 Å².